The van der Waals surface area contributed by atoms with Crippen molar-refractivity contribution in [3.63, 3.8) is 0 Å². The molecule has 0 bridgehead atoms. The number of benzene rings is 5. The van der Waals surface area contributed by atoms with Gasteiger partial charge in [0.25, 0.3) is 11.8 Å². The number of fused-ring (bicyclic) bond motifs is 1. The molecule has 0 radical (unpaired) electrons. The number of nitrogens with zero attached hydrogens (tertiary/aromatic N) is 1. The van der Waals surface area contributed by atoms with Crippen molar-refractivity contribution < 1.29 is 14.4 Å². The molecule has 0 atom stereocenters. The molecule has 5 aromatic carbocycles. The summed E-state index contributed by atoms with van der Waals surface area (Å²) in [6, 6.07) is 37.6. The maximum absolute atomic E-state index is 13.3. The highest BCUT2D eigenvalue weighted by atomic mass is 79.9. The standard InChI is InChI=1S/C37H27BrN4O3S2/c38-29-14-10-24(11-15-29)20-32(40-35(44)26-7-2-1-3-8-26)36(45)39-30-16-18-31(19-17-30)46-23-34(43)42-37-41-33(22-47-37)28-13-12-25-6-4-5-9-27(25)21-28/h1-22H,23H2,(H,39,45)(H,40,44)(H,41,42,43)/b32-20-. The molecule has 47 heavy (non-hydrogen) atoms. The van der Waals surface area contributed by atoms with E-state index in [9.17, 15) is 14.4 Å². The molecule has 0 fully saturated rings. The second-order valence-corrected chi connectivity index (χ2v) is 13.2. The quantitative estimate of drug-likeness (QED) is 0.0971. The van der Waals surface area contributed by atoms with Crippen LogP contribution in [0.25, 0.3) is 28.1 Å². The molecule has 232 valence electrons. The SMILES string of the molecule is O=C(CSc1ccc(NC(=O)/C(=C/c2ccc(Br)cc2)NC(=O)c2ccccc2)cc1)Nc1nc(-c2ccc3ccccc3c2)cs1. The molecule has 7 nitrogen and oxygen atoms in total. The zero-order valence-corrected chi connectivity index (χ0v) is 28.0. The van der Waals surface area contributed by atoms with E-state index in [-0.39, 0.29) is 17.4 Å². The van der Waals surface area contributed by atoms with Gasteiger partial charge in [0.05, 0.1) is 11.4 Å². The van der Waals surface area contributed by atoms with Crippen LogP contribution in [0.5, 0.6) is 0 Å². The van der Waals surface area contributed by atoms with E-state index in [0.29, 0.717) is 16.4 Å². The summed E-state index contributed by atoms with van der Waals surface area (Å²) in [6.45, 7) is 0. The van der Waals surface area contributed by atoms with Crippen LogP contribution in [0.4, 0.5) is 10.8 Å². The third-order valence-corrected chi connectivity index (χ3v) is 9.29. The molecule has 6 aromatic rings. The predicted molar refractivity (Wildman–Crippen MR) is 196 cm³/mol. The van der Waals surface area contributed by atoms with Crippen LogP contribution in [-0.4, -0.2) is 28.5 Å². The average Bonchev–Trinajstić information content (AvgIpc) is 3.57. The Hall–Kier alpha value is -5.03. The van der Waals surface area contributed by atoms with Gasteiger partial charge in [0.2, 0.25) is 5.91 Å². The predicted octanol–water partition coefficient (Wildman–Crippen LogP) is 8.87. The van der Waals surface area contributed by atoms with Crippen molar-refractivity contribution in [2.24, 2.45) is 0 Å². The molecule has 0 unspecified atom stereocenters. The number of thioether (sulfide) groups is 1. The smallest absolute Gasteiger partial charge is 0.272 e. The first-order valence-electron chi connectivity index (χ1n) is 14.5. The lowest BCUT2D eigenvalue weighted by Crippen LogP contribution is -2.30. The highest BCUT2D eigenvalue weighted by Crippen LogP contribution is 2.28. The lowest BCUT2D eigenvalue weighted by molar-refractivity contribution is -0.114. The number of carbonyl (C=O) groups is 3. The fourth-order valence-corrected chi connectivity index (χ4v) is 6.32. The fourth-order valence-electron chi connectivity index (χ4n) is 4.62. The maximum Gasteiger partial charge on any atom is 0.272 e. The van der Waals surface area contributed by atoms with Gasteiger partial charge in [0.1, 0.15) is 5.70 Å². The first-order chi connectivity index (χ1) is 22.9. The molecule has 1 heterocycles. The van der Waals surface area contributed by atoms with Crippen molar-refractivity contribution in [1.29, 1.82) is 0 Å². The molecule has 3 N–H and O–H groups in total. The van der Waals surface area contributed by atoms with Gasteiger partial charge in [-0.1, -0.05) is 82.7 Å². The monoisotopic (exact) mass is 718 g/mol. The summed E-state index contributed by atoms with van der Waals surface area (Å²) < 4.78 is 0.902. The van der Waals surface area contributed by atoms with Crippen molar-refractivity contribution >= 4 is 84.4 Å². The van der Waals surface area contributed by atoms with E-state index in [1.54, 1.807) is 42.5 Å². The van der Waals surface area contributed by atoms with Crippen LogP contribution >= 0.6 is 39.0 Å². The van der Waals surface area contributed by atoms with Crippen LogP contribution < -0.4 is 16.0 Å². The number of anilines is 2. The third kappa shape index (κ3) is 8.62. The first kappa shape index (κ1) is 31.9. The van der Waals surface area contributed by atoms with E-state index in [2.05, 4.69) is 61.1 Å². The fraction of sp³-hybridized carbons (Fsp3) is 0.0270. The summed E-state index contributed by atoms with van der Waals surface area (Å²) >= 11 is 6.18. The Bertz CT molecular complexity index is 2080. The van der Waals surface area contributed by atoms with Crippen molar-refractivity contribution in [2.45, 2.75) is 4.90 Å². The third-order valence-electron chi connectivity index (χ3n) is 6.99. The van der Waals surface area contributed by atoms with Crippen LogP contribution in [0.2, 0.25) is 0 Å². The lowest BCUT2D eigenvalue weighted by atomic mass is 10.1. The molecular formula is C37H27BrN4O3S2. The summed E-state index contributed by atoms with van der Waals surface area (Å²) in [5.41, 5.74) is 3.64. The molecule has 3 amide bonds. The summed E-state index contributed by atoms with van der Waals surface area (Å²) in [7, 11) is 0. The molecule has 0 aliphatic carbocycles. The van der Waals surface area contributed by atoms with Crippen molar-refractivity contribution in [2.75, 3.05) is 16.4 Å². The largest absolute Gasteiger partial charge is 0.321 e. The summed E-state index contributed by atoms with van der Waals surface area (Å²) in [5.74, 6) is -0.828. The Morgan fingerprint density at radius 3 is 2.28 bits per heavy atom. The van der Waals surface area contributed by atoms with Gasteiger partial charge < -0.3 is 16.0 Å². The maximum atomic E-state index is 13.3. The van der Waals surface area contributed by atoms with E-state index >= 15 is 0 Å². The number of amides is 3. The normalized spacial score (nSPS) is 11.2. The molecule has 0 saturated carbocycles. The number of nitrogens with one attached hydrogen (secondary N) is 3. The summed E-state index contributed by atoms with van der Waals surface area (Å²) in [4.78, 5) is 44.3. The Kier molecular flexibility index (Phi) is 10.2. The molecule has 0 saturated heterocycles. The van der Waals surface area contributed by atoms with E-state index < -0.39 is 11.8 Å². The van der Waals surface area contributed by atoms with Crippen LogP contribution in [0.15, 0.2) is 142 Å². The van der Waals surface area contributed by atoms with Crippen LogP contribution in [0.1, 0.15) is 15.9 Å². The number of thiazole rings is 1. The van der Waals surface area contributed by atoms with Crippen LogP contribution in [0.3, 0.4) is 0 Å². The Labute approximate surface area is 288 Å². The van der Waals surface area contributed by atoms with E-state index in [0.717, 1.165) is 37.0 Å². The molecule has 0 aliphatic heterocycles. The number of aromatic nitrogens is 1. The molecule has 0 spiro atoms. The molecule has 0 aliphatic rings. The van der Waals surface area contributed by atoms with Gasteiger partial charge in [-0.15, -0.1) is 23.1 Å². The van der Waals surface area contributed by atoms with Gasteiger partial charge in [-0.3, -0.25) is 14.4 Å². The van der Waals surface area contributed by atoms with Crippen molar-refractivity contribution in [1.82, 2.24) is 10.3 Å². The van der Waals surface area contributed by atoms with Crippen molar-refractivity contribution in [3.8, 4) is 11.3 Å². The molecular weight excluding hydrogens is 692 g/mol. The van der Waals surface area contributed by atoms with Gasteiger partial charge in [-0.05, 0) is 77.0 Å². The van der Waals surface area contributed by atoms with Gasteiger partial charge in [0, 0.05) is 31.6 Å². The number of hydrogen-bond acceptors (Lipinski definition) is 6. The van der Waals surface area contributed by atoms with E-state index in [4.69, 9.17) is 0 Å². The van der Waals surface area contributed by atoms with Crippen LogP contribution in [-0.2, 0) is 9.59 Å². The number of hydrogen-bond donors (Lipinski definition) is 3. The first-order valence-corrected chi connectivity index (χ1v) is 17.2. The molecule has 10 heteroatoms. The van der Waals surface area contributed by atoms with Crippen LogP contribution in [0, 0.1) is 0 Å². The zero-order valence-electron chi connectivity index (χ0n) is 24.8. The highest BCUT2D eigenvalue weighted by Gasteiger charge is 2.16. The minimum atomic E-state index is -0.469. The zero-order chi connectivity index (χ0) is 32.6. The second kappa shape index (κ2) is 15.0. The number of carbonyl (C=O) groups excluding carboxylic acids is 3. The van der Waals surface area contributed by atoms with E-state index in [1.165, 1.54) is 23.1 Å². The molecule has 1 aromatic heterocycles. The second-order valence-electron chi connectivity index (χ2n) is 10.3. The average molecular weight is 720 g/mol. The van der Waals surface area contributed by atoms with Gasteiger partial charge in [0.15, 0.2) is 5.13 Å². The Balaban J connectivity index is 1.05. The minimum absolute atomic E-state index is 0.0993. The highest BCUT2D eigenvalue weighted by molar-refractivity contribution is 9.10. The van der Waals surface area contributed by atoms with E-state index in [1.807, 2.05) is 66.0 Å². The Morgan fingerprint density at radius 2 is 1.51 bits per heavy atom. The minimum Gasteiger partial charge on any atom is -0.321 e. The lowest BCUT2D eigenvalue weighted by Gasteiger charge is -2.12. The summed E-state index contributed by atoms with van der Waals surface area (Å²) in [5, 5.41) is 13.3. The number of halogens is 1. The van der Waals surface area contributed by atoms with Gasteiger partial charge in [-0.2, -0.15) is 0 Å². The number of rotatable bonds is 10. The van der Waals surface area contributed by atoms with Crippen molar-refractivity contribution in [3.05, 3.63) is 148 Å². The Morgan fingerprint density at radius 1 is 0.787 bits per heavy atom. The topological polar surface area (TPSA) is 100 Å². The van der Waals surface area contributed by atoms with Gasteiger partial charge in [-0.25, -0.2) is 4.98 Å². The van der Waals surface area contributed by atoms with Gasteiger partial charge >= 0.3 is 0 Å². The molecule has 6 rings (SSSR count). The summed E-state index contributed by atoms with van der Waals surface area (Å²) in [6.07, 6.45) is 1.62.